The van der Waals surface area contributed by atoms with E-state index in [9.17, 15) is 0 Å². The molecule has 0 unspecified atom stereocenters. The van der Waals surface area contributed by atoms with Gasteiger partial charge in [-0.1, -0.05) is 0 Å². The molecular formula is C7H25ClN4. The molecule has 0 heterocycles. The summed E-state index contributed by atoms with van der Waals surface area (Å²) in [6.45, 7) is 2.39. The molecule has 0 radical (unpaired) electrons. The van der Waals surface area contributed by atoms with E-state index in [0.717, 1.165) is 4.48 Å². The first kappa shape index (κ1) is 22.7. The van der Waals surface area contributed by atoms with Gasteiger partial charge in [-0.2, -0.15) is 0 Å². The molecule has 0 saturated carbocycles. The van der Waals surface area contributed by atoms with Crippen LogP contribution in [-0.2, 0) is 0 Å². The van der Waals surface area contributed by atoms with E-state index in [4.69, 9.17) is 0 Å². The van der Waals surface area contributed by atoms with Crippen molar-refractivity contribution in [3.8, 4) is 0 Å². The molecule has 0 aromatic rings. The summed E-state index contributed by atoms with van der Waals surface area (Å²) in [5, 5.41) is 0. The smallest absolute Gasteiger partial charge is 0.0909 e. The van der Waals surface area contributed by atoms with Gasteiger partial charge in [0.15, 0.2) is 0 Å². The van der Waals surface area contributed by atoms with Gasteiger partial charge in [0.1, 0.15) is 0 Å². The lowest BCUT2D eigenvalue weighted by Crippen LogP contribution is -3.00. The zero-order chi connectivity index (χ0) is 7.49. The molecule has 0 aliphatic rings. The normalized spacial score (nSPS) is 9.50. The zero-order valence-corrected chi connectivity index (χ0v) is 9.86. The fraction of sp³-hybridized carbons (Fsp3) is 1.00. The molecule has 0 fully saturated rings. The van der Waals surface area contributed by atoms with Crippen molar-refractivity contribution in [2.75, 3.05) is 48.3 Å². The Labute approximate surface area is 83.1 Å². The second kappa shape index (κ2) is 9.22. The minimum Gasteiger partial charge on any atom is -1.00 e. The van der Waals surface area contributed by atoms with Gasteiger partial charge in [0.2, 0.25) is 0 Å². The summed E-state index contributed by atoms with van der Waals surface area (Å²) in [5.74, 6) is 0. The van der Waals surface area contributed by atoms with Gasteiger partial charge in [0, 0.05) is 6.54 Å². The van der Waals surface area contributed by atoms with E-state index in [0.29, 0.717) is 0 Å². The third-order valence-corrected chi connectivity index (χ3v) is 1.22. The first-order valence-electron chi connectivity index (χ1n) is 3.37. The Hall–Kier alpha value is 0.130. The molecule has 0 bridgehead atoms. The largest absolute Gasteiger partial charge is 1.00 e. The Morgan fingerprint density at radius 1 is 1.00 bits per heavy atom. The molecule has 0 rings (SSSR count). The molecule has 0 aromatic carbocycles. The standard InChI is InChI=1S/C7H19N2.ClH.2H3N/c1-8(2)6-7-9(3,4)5;;;/h6-7H2,1-5H3;1H;2*1H3/q+1;;;/p-1. The Morgan fingerprint density at radius 3 is 1.42 bits per heavy atom. The lowest BCUT2D eigenvalue weighted by Gasteiger charge is -2.25. The van der Waals surface area contributed by atoms with Crippen LogP contribution in [0.5, 0.6) is 0 Å². The third kappa shape index (κ3) is 22.5. The summed E-state index contributed by atoms with van der Waals surface area (Å²) in [5.41, 5.74) is 0. The maximum atomic E-state index is 2.21. The first-order valence-corrected chi connectivity index (χ1v) is 3.37. The van der Waals surface area contributed by atoms with E-state index >= 15 is 0 Å². The van der Waals surface area contributed by atoms with E-state index in [-0.39, 0.29) is 24.7 Å². The van der Waals surface area contributed by atoms with Crippen molar-refractivity contribution in [2.45, 2.75) is 0 Å². The van der Waals surface area contributed by atoms with E-state index in [2.05, 4.69) is 40.1 Å². The molecule has 0 aromatic heterocycles. The van der Waals surface area contributed by atoms with Crippen molar-refractivity contribution in [3.63, 3.8) is 0 Å². The van der Waals surface area contributed by atoms with E-state index in [1.54, 1.807) is 0 Å². The number of quaternary nitrogens is 1. The van der Waals surface area contributed by atoms with Crippen molar-refractivity contribution in [3.05, 3.63) is 0 Å². The zero-order valence-electron chi connectivity index (χ0n) is 9.10. The van der Waals surface area contributed by atoms with Crippen LogP contribution in [0.3, 0.4) is 0 Å². The lowest BCUT2D eigenvalue weighted by atomic mass is 10.5. The molecule has 0 aliphatic heterocycles. The molecule has 4 nitrogen and oxygen atoms in total. The van der Waals surface area contributed by atoms with Crippen LogP contribution in [0, 0.1) is 0 Å². The lowest BCUT2D eigenvalue weighted by molar-refractivity contribution is -0.869. The maximum absolute atomic E-state index is 2.21. The number of nitrogens with zero attached hydrogens (tertiary/aromatic N) is 2. The van der Waals surface area contributed by atoms with Crippen LogP contribution in [0.25, 0.3) is 0 Å². The number of hydrogen-bond acceptors (Lipinski definition) is 3. The van der Waals surface area contributed by atoms with E-state index < -0.39 is 0 Å². The fourth-order valence-electron chi connectivity index (χ4n) is 0.500. The van der Waals surface area contributed by atoms with Gasteiger partial charge in [0.05, 0.1) is 27.7 Å². The molecule has 0 saturated heterocycles. The van der Waals surface area contributed by atoms with Gasteiger partial charge in [-0.25, -0.2) is 0 Å². The second-order valence-electron chi connectivity index (χ2n) is 3.82. The van der Waals surface area contributed by atoms with Crippen molar-refractivity contribution < 1.29 is 16.9 Å². The molecule has 0 spiro atoms. The average Bonchev–Trinajstić information content (AvgIpc) is 1.59. The van der Waals surface area contributed by atoms with Crippen LogP contribution >= 0.6 is 0 Å². The van der Waals surface area contributed by atoms with E-state index in [1.165, 1.54) is 13.1 Å². The topological polar surface area (TPSA) is 73.2 Å². The van der Waals surface area contributed by atoms with Crippen molar-refractivity contribution >= 4 is 0 Å². The Kier molecular flexibility index (Phi) is 17.5. The highest BCUT2D eigenvalue weighted by atomic mass is 35.5. The van der Waals surface area contributed by atoms with Crippen LogP contribution in [0.1, 0.15) is 0 Å². The highest BCUT2D eigenvalue weighted by Gasteiger charge is 2.05. The second-order valence-corrected chi connectivity index (χ2v) is 3.82. The Morgan fingerprint density at radius 2 is 1.33 bits per heavy atom. The summed E-state index contributed by atoms with van der Waals surface area (Å²) < 4.78 is 1.05. The molecule has 0 aliphatic carbocycles. The molecule has 5 heteroatoms. The van der Waals surface area contributed by atoms with Gasteiger partial charge in [-0.3, -0.25) is 0 Å². The Balaban J connectivity index is -0.000000107. The highest BCUT2D eigenvalue weighted by molar-refractivity contribution is 4.38. The van der Waals surface area contributed by atoms with Crippen LogP contribution in [0.2, 0.25) is 0 Å². The van der Waals surface area contributed by atoms with Gasteiger partial charge < -0.3 is 34.1 Å². The summed E-state index contributed by atoms with van der Waals surface area (Å²) in [6.07, 6.45) is 0. The van der Waals surface area contributed by atoms with Crippen molar-refractivity contribution in [2.24, 2.45) is 0 Å². The molecule has 0 atom stereocenters. The minimum atomic E-state index is 0. The summed E-state index contributed by atoms with van der Waals surface area (Å²) >= 11 is 0. The van der Waals surface area contributed by atoms with Crippen molar-refractivity contribution in [1.82, 2.24) is 17.2 Å². The maximum Gasteiger partial charge on any atom is 0.0909 e. The molecule has 12 heavy (non-hydrogen) atoms. The SMILES string of the molecule is CN(C)CC[N+](C)(C)C.N.N.[Cl-]. The minimum absolute atomic E-state index is 0. The molecule has 80 valence electrons. The number of rotatable bonds is 3. The average molecular weight is 201 g/mol. The number of halogens is 1. The number of likely N-dealkylation sites (N-methyl/N-ethyl adjacent to an activating group) is 2. The Bertz CT molecular complexity index is 80.0. The number of hydrogen-bond donors (Lipinski definition) is 2. The summed E-state index contributed by atoms with van der Waals surface area (Å²) in [7, 11) is 10.8. The highest BCUT2D eigenvalue weighted by Crippen LogP contribution is 1.88. The monoisotopic (exact) mass is 200 g/mol. The van der Waals surface area contributed by atoms with Gasteiger partial charge in [0.25, 0.3) is 0 Å². The van der Waals surface area contributed by atoms with Crippen molar-refractivity contribution in [1.29, 1.82) is 0 Å². The quantitative estimate of drug-likeness (QED) is 0.499. The van der Waals surface area contributed by atoms with Crippen LogP contribution in [0.15, 0.2) is 0 Å². The molecule has 6 N–H and O–H groups in total. The van der Waals surface area contributed by atoms with Crippen LogP contribution in [-0.4, -0.2) is 57.7 Å². The summed E-state index contributed by atoms with van der Waals surface area (Å²) in [6, 6.07) is 0. The predicted octanol–water partition coefficient (Wildman–Crippen LogP) is -2.42. The van der Waals surface area contributed by atoms with Crippen LogP contribution < -0.4 is 24.7 Å². The van der Waals surface area contributed by atoms with E-state index in [1.807, 2.05) is 0 Å². The van der Waals surface area contributed by atoms with Gasteiger partial charge in [-0.05, 0) is 14.1 Å². The van der Waals surface area contributed by atoms with Gasteiger partial charge >= 0.3 is 0 Å². The third-order valence-electron chi connectivity index (χ3n) is 1.22. The summed E-state index contributed by atoms with van der Waals surface area (Å²) in [4.78, 5) is 2.21. The van der Waals surface area contributed by atoms with Crippen LogP contribution in [0.4, 0.5) is 0 Å². The molecular weight excluding hydrogens is 176 g/mol. The predicted molar refractivity (Wildman–Crippen MR) is 51.5 cm³/mol. The molecule has 0 amide bonds. The first-order chi connectivity index (χ1) is 3.92. The van der Waals surface area contributed by atoms with Gasteiger partial charge in [-0.15, -0.1) is 0 Å². The fourth-order valence-corrected chi connectivity index (χ4v) is 0.500.